The molecule has 1 amide bonds. The third-order valence-corrected chi connectivity index (χ3v) is 8.55. The van der Waals surface area contributed by atoms with Crippen molar-refractivity contribution in [2.45, 2.75) is 43.4 Å². The van der Waals surface area contributed by atoms with Crippen molar-refractivity contribution in [2.24, 2.45) is 0 Å². The Morgan fingerprint density at radius 3 is 2.13 bits per heavy atom. The first-order valence-electron chi connectivity index (χ1n) is 10.4. The number of amides is 1. The van der Waals surface area contributed by atoms with Gasteiger partial charge in [-0.3, -0.25) is 4.79 Å². The highest BCUT2D eigenvalue weighted by atomic mass is 32.2. The molecule has 0 radical (unpaired) electrons. The molecule has 7 heteroatoms. The molecule has 0 atom stereocenters. The Hall–Kier alpha value is -2.25. The number of rotatable bonds is 4. The predicted octanol–water partition coefficient (Wildman–Crippen LogP) is 3.40. The van der Waals surface area contributed by atoms with E-state index in [4.69, 9.17) is 0 Å². The van der Waals surface area contributed by atoms with Crippen LogP contribution in [0.2, 0.25) is 0 Å². The van der Waals surface area contributed by atoms with Gasteiger partial charge in [-0.2, -0.15) is 4.31 Å². The van der Waals surface area contributed by atoms with E-state index in [1.807, 2.05) is 26.0 Å². The molecule has 2 aliphatic rings. The molecule has 0 spiro atoms. The molecule has 4 rings (SSSR count). The summed E-state index contributed by atoms with van der Waals surface area (Å²) >= 11 is 0. The summed E-state index contributed by atoms with van der Waals surface area (Å²) in [4.78, 5) is 15.5. The van der Waals surface area contributed by atoms with Gasteiger partial charge in [0.1, 0.15) is 5.82 Å². The lowest BCUT2D eigenvalue weighted by Crippen LogP contribution is -2.57. The number of piperazine rings is 1. The van der Waals surface area contributed by atoms with Crippen LogP contribution in [0.3, 0.4) is 0 Å². The van der Waals surface area contributed by atoms with Crippen LogP contribution >= 0.6 is 0 Å². The Bertz CT molecular complexity index is 1050. The molecule has 1 heterocycles. The average Bonchev–Trinajstić information content (AvgIpc) is 2.68. The normalized spacial score (nSPS) is 19.4. The number of hydrogen-bond donors (Lipinski definition) is 0. The molecule has 2 fully saturated rings. The lowest BCUT2D eigenvalue weighted by molar-refractivity contribution is -0.142. The van der Waals surface area contributed by atoms with E-state index < -0.39 is 15.4 Å². The van der Waals surface area contributed by atoms with Crippen molar-refractivity contribution in [3.63, 3.8) is 0 Å². The fourth-order valence-electron chi connectivity index (χ4n) is 4.59. The van der Waals surface area contributed by atoms with Gasteiger partial charge in [0, 0.05) is 26.2 Å². The molecule has 160 valence electrons. The topological polar surface area (TPSA) is 57.7 Å². The molecule has 0 aromatic heterocycles. The number of hydrogen-bond acceptors (Lipinski definition) is 3. The Labute approximate surface area is 177 Å². The number of carbonyl (C=O) groups is 1. The van der Waals surface area contributed by atoms with E-state index >= 15 is 0 Å². The first-order valence-corrected chi connectivity index (χ1v) is 11.8. The highest BCUT2D eigenvalue weighted by Crippen LogP contribution is 2.45. The highest BCUT2D eigenvalue weighted by molar-refractivity contribution is 7.89. The largest absolute Gasteiger partial charge is 0.339 e. The number of sulfonamides is 1. The summed E-state index contributed by atoms with van der Waals surface area (Å²) in [6, 6.07) is 11.5. The Morgan fingerprint density at radius 1 is 0.967 bits per heavy atom. The molecular formula is C23H27FN2O3S. The molecule has 0 N–H and O–H groups in total. The fourth-order valence-corrected chi connectivity index (χ4v) is 6.22. The minimum Gasteiger partial charge on any atom is -0.339 e. The quantitative estimate of drug-likeness (QED) is 0.747. The summed E-state index contributed by atoms with van der Waals surface area (Å²) in [5.41, 5.74) is 2.01. The second-order valence-electron chi connectivity index (χ2n) is 8.41. The third-order valence-electron chi connectivity index (χ3n) is 6.49. The van der Waals surface area contributed by atoms with E-state index in [1.54, 1.807) is 23.1 Å². The van der Waals surface area contributed by atoms with Crippen molar-refractivity contribution >= 4 is 15.9 Å². The molecule has 0 unspecified atom stereocenters. The van der Waals surface area contributed by atoms with Gasteiger partial charge >= 0.3 is 0 Å². The van der Waals surface area contributed by atoms with Crippen LogP contribution in [-0.4, -0.2) is 49.7 Å². The van der Waals surface area contributed by atoms with E-state index in [0.717, 1.165) is 36.0 Å². The number of carbonyl (C=O) groups excluding carboxylic acids is 1. The van der Waals surface area contributed by atoms with Crippen molar-refractivity contribution in [3.05, 3.63) is 65.0 Å². The maximum atomic E-state index is 13.4. The van der Waals surface area contributed by atoms with Crippen LogP contribution in [0.5, 0.6) is 0 Å². The summed E-state index contributed by atoms with van der Waals surface area (Å²) in [6.07, 6.45) is 2.46. The van der Waals surface area contributed by atoms with Crippen LogP contribution in [0.1, 0.15) is 36.0 Å². The zero-order valence-electron chi connectivity index (χ0n) is 17.4. The van der Waals surface area contributed by atoms with Crippen molar-refractivity contribution in [1.82, 2.24) is 9.21 Å². The highest BCUT2D eigenvalue weighted by Gasteiger charge is 2.48. The minimum atomic E-state index is -3.59. The Balaban J connectivity index is 1.49. The number of halogens is 1. The summed E-state index contributed by atoms with van der Waals surface area (Å²) in [6.45, 7) is 5.04. The molecular weight excluding hydrogens is 403 g/mol. The maximum Gasteiger partial charge on any atom is 0.243 e. The molecule has 0 bridgehead atoms. The number of aryl methyl sites for hydroxylation is 2. The van der Waals surface area contributed by atoms with Gasteiger partial charge < -0.3 is 4.90 Å². The van der Waals surface area contributed by atoms with E-state index in [9.17, 15) is 17.6 Å². The van der Waals surface area contributed by atoms with Crippen molar-refractivity contribution in [2.75, 3.05) is 26.2 Å². The molecule has 1 aliphatic heterocycles. The van der Waals surface area contributed by atoms with Gasteiger partial charge in [-0.1, -0.05) is 36.2 Å². The lowest BCUT2D eigenvalue weighted by atomic mass is 9.63. The standard InChI is InChI=1S/C23H27FN2O3S/c1-17-4-9-21(18(2)16-17)30(28,29)26-14-12-25(13-15-26)22(27)23(10-3-11-23)19-5-7-20(24)8-6-19/h4-9,16H,3,10-15H2,1-2H3. The molecule has 1 saturated carbocycles. The van der Waals surface area contributed by atoms with Crippen molar-refractivity contribution < 1.29 is 17.6 Å². The lowest BCUT2D eigenvalue weighted by Gasteiger charge is -2.46. The first kappa shape index (κ1) is 21.0. The van der Waals surface area contributed by atoms with Crippen LogP contribution in [0, 0.1) is 19.7 Å². The van der Waals surface area contributed by atoms with Gasteiger partial charge in [-0.15, -0.1) is 0 Å². The Morgan fingerprint density at radius 2 is 1.60 bits per heavy atom. The summed E-state index contributed by atoms with van der Waals surface area (Å²) in [5.74, 6) is -0.283. The van der Waals surface area contributed by atoms with Crippen LogP contribution in [0.25, 0.3) is 0 Å². The zero-order chi connectivity index (χ0) is 21.5. The van der Waals surface area contributed by atoms with Crippen molar-refractivity contribution in [1.29, 1.82) is 0 Å². The molecule has 2 aromatic rings. The fraction of sp³-hybridized carbons (Fsp3) is 0.435. The second kappa shape index (κ2) is 7.78. The van der Waals surface area contributed by atoms with Crippen LogP contribution in [0.4, 0.5) is 4.39 Å². The summed E-state index contributed by atoms with van der Waals surface area (Å²) in [5, 5.41) is 0. The number of benzene rings is 2. The van der Waals surface area contributed by atoms with Crippen molar-refractivity contribution in [3.8, 4) is 0 Å². The van der Waals surface area contributed by atoms with Gasteiger partial charge in [0.15, 0.2) is 0 Å². The predicted molar refractivity (Wildman–Crippen MR) is 113 cm³/mol. The molecule has 30 heavy (non-hydrogen) atoms. The van der Waals surface area contributed by atoms with E-state index in [1.165, 1.54) is 16.4 Å². The average molecular weight is 431 g/mol. The minimum absolute atomic E-state index is 0.0314. The smallest absolute Gasteiger partial charge is 0.243 e. The van der Waals surface area contributed by atoms with Crippen LogP contribution in [0.15, 0.2) is 47.4 Å². The molecule has 2 aromatic carbocycles. The molecule has 1 saturated heterocycles. The van der Waals surface area contributed by atoms with Gasteiger partial charge in [0.25, 0.3) is 0 Å². The van der Waals surface area contributed by atoms with Gasteiger partial charge in [0.05, 0.1) is 10.3 Å². The first-order chi connectivity index (χ1) is 14.2. The molecule has 1 aliphatic carbocycles. The van der Waals surface area contributed by atoms with Gasteiger partial charge in [-0.05, 0) is 56.0 Å². The zero-order valence-corrected chi connectivity index (χ0v) is 18.2. The monoisotopic (exact) mass is 430 g/mol. The van der Waals surface area contributed by atoms with E-state index in [2.05, 4.69) is 0 Å². The van der Waals surface area contributed by atoms with Crippen LogP contribution in [-0.2, 0) is 20.2 Å². The summed E-state index contributed by atoms with van der Waals surface area (Å²) in [7, 11) is -3.59. The van der Waals surface area contributed by atoms with Gasteiger partial charge in [0.2, 0.25) is 15.9 Å². The SMILES string of the molecule is Cc1ccc(S(=O)(=O)N2CCN(C(=O)C3(c4ccc(F)cc4)CCC3)CC2)c(C)c1. The number of nitrogens with zero attached hydrogens (tertiary/aromatic N) is 2. The Kier molecular flexibility index (Phi) is 5.45. The second-order valence-corrected chi connectivity index (χ2v) is 10.3. The maximum absolute atomic E-state index is 13.4. The van der Waals surface area contributed by atoms with Gasteiger partial charge in [-0.25, -0.2) is 12.8 Å². The summed E-state index contributed by atoms with van der Waals surface area (Å²) < 4.78 is 41.0. The third kappa shape index (κ3) is 3.54. The van der Waals surface area contributed by atoms with Crippen LogP contribution < -0.4 is 0 Å². The molecule has 5 nitrogen and oxygen atoms in total. The van der Waals surface area contributed by atoms with E-state index in [-0.39, 0.29) is 24.8 Å². The van der Waals surface area contributed by atoms with E-state index in [0.29, 0.717) is 18.0 Å².